The van der Waals surface area contributed by atoms with Crippen LogP contribution in [0.15, 0.2) is 132 Å². The average molecular weight is 847 g/mol. The molecule has 8 rings (SSSR count). The third-order valence-corrected chi connectivity index (χ3v) is 84.4. The van der Waals surface area contributed by atoms with Crippen LogP contribution in [0.5, 0.6) is 0 Å². The van der Waals surface area contributed by atoms with Crippen LogP contribution in [0.1, 0.15) is 50.4 Å². The van der Waals surface area contributed by atoms with E-state index in [0.717, 1.165) is 0 Å². The van der Waals surface area contributed by atoms with Crippen molar-refractivity contribution in [3.8, 4) is 22.3 Å². The van der Waals surface area contributed by atoms with Crippen LogP contribution >= 0.6 is 17.2 Å². The van der Waals surface area contributed by atoms with Gasteiger partial charge in [-0.2, -0.15) is 0 Å². The summed E-state index contributed by atoms with van der Waals surface area (Å²) >= 11 is -5.02. The molecule has 2 atom stereocenters. The van der Waals surface area contributed by atoms with E-state index in [-0.39, 0.29) is 7.35 Å². The van der Waals surface area contributed by atoms with Crippen molar-refractivity contribution in [3.05, 3.63) is 155 Å². The van der Waals surface area contributed by atoms with Crippen LogP contribution in [-0.2, 0) is 15.3 Å². The summed E-state index contributed by atoms with van der Waals surface area (Å²) in [5.41, 5.74) is 13.1. The van der Waals surface area contributed by atoms with E-state index in [1.807, 2.05) is 0 Å². The van der Waals surface area contributed by atoms with E-state index < -0.39 is 21.3 Å². The monoisotopic (exact) mass is 847 g/mol. The molecule has 6 aromatic carbocycles. The molecule has 2 aliphatic carbocycles. The number of benzene rings is 6. The maximum atomic E-state index is 8.68. The van der Waals surface area contributed by atoms with E-state index in [4.69, 9.17) is 17.2 Å². The molecule has 0 aliphatic heterocycles. The Morgan fingerprint density at radius 2 is 0.979 bits per heavy atom. The second kappa shape index (κ2) is 11.8. The first-order valence-electron chi connectivity index (χ1n) is 17.3. The van der Waals surface area contributed by atoms with Gasteiger partial charge in [0.25, 0.3) is 0 Å². The van der Waals surface area contributed by atoms with Crippen molar-refractivity contribution < 1.29 is 15.3 Å². The Kier molecular flexibility index (Phi) is 7.92. The van der Waals surface area contributed by atoms with Crippen LogP contribution < -0.4 is 0 Å². The summed E-state index contributed by atoms with van der Waals surface area (Å²) in [6.45, 7) is 11.9. The van der Waals surface area contributed by atoms with Gasteiger partial charge in [0.1, 0.15) is 0 Å². The number of rotatable bonds is 6. The first kappa shape index (κ1) is 32.2. The Bertz CT molecular complexity index is 2320. The van der Waals surface area contributed by atoms with E-state index in [1.54, 1.807) is 0 Å². The van der Waals surface area contributed by atoms with E-state index in [9.17, 15) is 0 Å². The summed E-state index contributed by atoms with van der Waals surface area (Å²) in [5, 5.41) is 5.07. The fourth-order valence-corrected chi connectivity index (χ4v) is 54.6. The molecule has 0 spiro atoms. The summed E-state index contributed by atoms with van der Waals surface area (Å²) in [6, 6.07) is 44.5. The second-order valence-corrected chi connectivity index (χ2v) is 73.9. The predicted molar refractivity (Wildman–Crippen MR) is 211 cm³/mol. The zero-order valence-electron chi connectivity index (χ0n) is 28.3. The van der Waals surface area contributed by atoms with Gasteiger partial charge >= 0.3 is 296 Å². The summed E-state index contributed by atoms with van der Waals surface area (Å²) in [5.74, 6) is -1.32. The van der Waals surface area contributed by atoms with Gasteiger partial charge in [-0.05, 0) is 0 Å². The zero-order chi connectivity index (χ0) is 33.4. The Balaban J connectivity index is 1.35. The van der Waals surface area contributed by atoms with Crippen LogP contribution in [0, 0.1) is 5.92 Å². The molecule has 0 amide bonds. The maximum absolute atomic E-state index is 8.68. The van der Waals surface area contributed by atoms with Gasteiger partial charge < -0.3 is 0 Å². The molecule has 0 radical (unpaired) electrons. The standard InChI is InChI=1S/C22H19.C20H15.C2H7Si.2ClH.Hf/c1-15(2)18-13-17-9-6-12-21(22(17)14-18)20-11-5-8-16-7-3-4-10-19(16)20;1-14-12-16-8-5-11-19(20(16)13-14)18-10-4-7-15-6-2-3-9-17(15)18;1-3-2;;;/h3-15H,1-2H3;2-13H,1H3;3H,1-2H3;2*1H;/q;;;;;+2/p-2. The molecule has 0 aromatic heterocycles. The normalized spacial score (nSPS) is 18.1. The van der Waals surface area contributed by atoms with Crippen molar-refractivity contribution in [2.45, 2.75) is 41.2 Å². The van der Waals surface area contributed by atoms with Crippen molar-refractivity contribution in [3.63, 3.8) is 0 Å². The molecule has 6 aromatic rings. The van der Waals surface area contributed by atoms with Crippen LogP contribution in [0.4, 0.5) is 0 Å². The molecule has 0 fully saturated rings. The van der Waals surface area contributed by atoms with Gasteiger partial charge in [-0.3, -0.25) is 0 Å². The van der Waals surface area contributed by atoms with Gasteiger partial charge in [-0.25, -0.2) is 0 Å². The molecule has 4 heteroatoms. The van der Waals surface area contributed by atoms with Gasteiger partial charge in [0.2, 0.25) is 0 Å². The van der Waals surface area contributed by atoms with Crippen LogP contribution in [0.2, 0.25) is 13.1 Å². The minimum atomic E-state index is -5.02. The van der Waals surface area contributed by atoms with E-state index in [1.165, 1.54) is 77.2 Å². The molecular weight excluding hydrogens is 806 g/mol. The molecule has 2 aliphatic rings. The first-order chi connectivity index (χ1) is 23.1. The number of hydrogen-bond acceptors (Lipinski definition) is 0. The summed E-state index contributed by atoms with van der Waals surface area (Å²) in [4.78, 5) is 0. The van der Waals surface area contributed by atoms with Gasteiger partial charge in [-0.15, -0.1) is 0 Å². The molecule has 0 heterocycles. The van der Waals surface area contributed by atoms with Crippen molar-refractivity contribution in [1.29, 1.82) is 0 Å². The number of fused-ring (bicyclic) bond motifs is 4. The second-order valence-electron chi connectivity index (χ2n) is 14.6. The Hall–Kier alpha value is -3.01. The third-order valence-electron chi connectivity index (χ3n) is 11.4. The molecule has 0 N–H and O–H groups in total. The fraction of sp³-hybridized carbons (Fsp3) is 0.182. The quantitative estimate of drug-likeness (QED) is 0.147. The Morgan fingerprint density at radius 3 is 1.50 bits per heavy atom. The minimum absolute atomic E-state index is 0.0706. The van der Waals surface area contributed by atoms with Gasteiger partial charge in [0, 0.05) is 0 Å². The van der Waals surface area contributed by atoms with E-state index in [2.05, 4.69) is 167 Å². The molecule has 48 heavy (non-hydrogen) atoms. The molecule has 0 nitrogen and oxygen atoms in total. The summed E-state index contributed by atoms with van der Waals surface area (Å²) < 4.78 is 0.142. The van der Waals surface area contributed by atoms with Crippen molar-refractivity contribution in [2.24, 2.45) is 5.92 Å². The van der Waals surface area contributed by atoms with E-state index >= 15 is 0 Å². The molecular formula is C44H41Cl2HfSi. The molecule has 0 saturated carbocycles. The SMILES string of the molecule is CC1=Cc2c(-c3cccc4ccccc34)cccc2[CH]1[Hf]([Cl])([Cl])([CH]1C(C(C)C)=Cc2c(-c3cccc4ccccc34)cccc21)[SiH](C)C. The third kappa shape index (κ3) is 4.70. The van der Waals surface area contributed by atoms with Crippen LogP contribution in [-0.4, -0.2) is 5.98 Å². The van der Waals surface area contributed by atoms with Gasteiger partial charge in [0.15, 0.2) is 0 Å². The zero-order valence-corrected chi connectivity index (χ0v) is 34.5. The number of hydrogen-bond donors (Lipinski definition) is 0. The molecule has 239 valence electrons. The van der Waals surface area contributed by atoms with Crippen LogP contribution in [0.3, 0.4) is 0 Å². The van der Waals surface area contributed by atoms with Crippen molar-refractivity contribution in [2.75, 3.05) is 0 Å². The molecule has 2 unspecified atom stereocenters. The fourth-order valence-electron chi connectivity index (χ4n) is 9.05. The average Bonchev–Trinajstić information content (AvgIpc) is 3.67. The summed E-state index contributed by atoms with van der Waals surface area (Å²) in [6.07, 6.45) is 4.91. The first-order valence-corrected chi connectivity index (χ1v) is 39.4. The number of allylic oxidation sites excluding steroid dienone is 2. The molecule has 0 saturated heterocycles. The topological polar surface area (TPSA) is 0 Å². The number of halogens is 2. The van der Waals surface area contributed by atoms with Crippen LogP contribution in [0.25, 0.3) is 56.0 Å². The van der Waals surface area contributed by atoms with E-state index in [0.29, 0.717) is 5.92 Å². The van der Waals surface area contributed by atoms with Gasteiger partial charge in [-0.1, -0.05) is 0 Å². The molecule has 0 bridgehead atoms. The van der Waals surface area contributed by atoms with Crippen molar-refractivity contribution >= 4 is 56.8 Å². The Morgan fingerprint density at radius 1 is 0.542 bits per heavy atom. The Labute approximate surface area is 294 Å². The van der Waals surface area contributed by atoms with Gasteiger partial charge in [0.05, 0.1) is 0 Å². The summed E-state index contributed by atoms with van der Waals surface area (Å²) in [7, 11) is 17.4. The predicted octanol–water partition coefficient (Wildman–Crippen LogP) is 13.6. The van der Waals surface area contributed by atoms with Crippen molar-refractivity contribution in [1.82, 2.24) is 0 Å².